The average Bonchev–Trinajstić information content (AvgIpc) is 2.39. The van der Waals surface area contributed by atoms with Crippen molar-refractivity contribution < 1.29 is 8.42 Å². The number of hydrogen-bond donors (Lipinski definition) is 2. The molecule has 0 aliphatic carbocycles. The molecule has 0 bridgehead atoms. The minimum atomic E-state index is -3.09. The van der Waals surface area contributed by atoms with Gasteiger partial charge >= 0.3 is 0 Å². The third kappa shape index (κ3) is 4.59. The topological polar surface area (TPSA) is 71.1 Å². The Morgan fingerprint density at radius 3 is 2.47 bits per heavy atom. The van der Waals surface area contributed by atoms with Crippen LogP contribution < -0.4 is 10.0 Å². The van der Waals surface area contributed by atoms with Gasteiger partial charge in [-0.05, 0) is 13.8 Å². The molecule has 0 aliphatic heterocycles. The summed E-state index contributed by atoms with van der Waals surface area (Å²) < 4.78 is 23.9. The molecule has 0 aliphatic rings. The zero-order chi connectivity index (χ0) is 11.5. The van der Waals surface area contributed by atoms with Crippen LogP contribution in [-0.4, -0.2) is 32.7 Å². The van der Waals surface area contributed by atoms with Gasteiger partial charge < -0.3 is 5.32 Å². The van der Waals surface area contributed by atoms with E-state index >= 15 is 0 Å². The summed E-state index contributed by atoms with van der Waals surface area (Å²) >= 11 is 1.57. The van der Waals surface area contributed by atoms with Gasteiger partial charge in [-0.1, -0.05) is 0 Å². The van der Waals surface area contributed by atoms with Crippen molar-refractivity contribution in [3.8, 4) is 0 Å². The van der Waals surface area contributed by atoms with Gasteiger partial charge in [0.15, 0.2) is 5.13 Å². The second-order valence-corrected chi connectivity index (χ2v) is 6.29. The van der Waals surface area contributed by atoms with Crippen LogP contribution >= 0.6 is 11.3 Å². The normalized spacial score (nSPS) is 11.7. The second kappa shape index (κ2) is 4.91. The Hall–Kier alpha value is -0.660. The number of aryl methyl sites for hydroxylation is 2. The zero-order valence-electron chi connectivity index (χ0n) is 8.99. The molecule has 15 heavy (non-hydrogen) atoms. The number of nitrogens with one attached hydrogen (secondary N) is 2. The Labute approximate surface area is 94.0 Å². The molecule has 1 aromatic rings. The summed E-state index contributed by atoms with van der Waals surface area (Å²) in [5.74, 6) is 0. The first-order valence-corrected chi connectivity index (χ1v) is 7.22. The van der Waals surface area contributed by atoms with Crippen LogP contribution in [-0.2, 0) is 10.0 Å². The van der Waals surface area contributed by atoms with Crippen molar-refractivity contribution in [2.75, 3.05) is 24.7 Å². The lowest BCUT2D eigenvalue weighted by molar-refractivity contribution is 0.589. The Bertz CT molecular complexity index is 406. The number of nitrogens with zero attached hydrogens (tertiary/aromatic N) is 1. The van der Waals surface area contributed by atoms with Gasteiger partial charge in [-0.2, -0.15) is 0 Å². The minimum absolute atomic E-state index is 0.372. The second-order valence-electron chi connectivity index (χ2n) is 3.25. The summed E-state index contributed by atoms with van der Waals surface area (Å²) in [5.41, 5.74) is 1.01. The number of aromatic nitrogens is 1. The van der Waals surface area contributed by atoms with E-state index in [9.17, 15) is 8.42 Å². The van der Waals surface area contributed by atoms with Crippen LogP contribution in [0.1, 0.15) is 10.6 Å². The molecule has 1 aromatic heterocycles. The SMILES string of the molecule is Cc1nc(NCCNS(C)(=O)=O)sc1C. The standard InChI is InChI=1S/C8H15N3O2S2/c1-6-7(2)14-8(11-6)9-4-5-10-15(3,12)13/h10H,4-5H2,1-3H3,(H,9,11). The summed E-state index contributed by atoms with van der Waals surface area (Å²) in [5, 5.41) is 3.89. The number of sulfonamides is 1. The van der Waals surface area contributed by atoms with Crippen molar-refractivity contribution in [1.82, 2.24) is 9.71 Å². The Morgan fingerprint density at radius 1 is 1.33 bits per heavy atom. The lowest BCUT2D eigenvalue weighted by Gasteiger charge is -2.02. The molecule has 86 valence electrons. The predicted molar refractivity (Wildman–Crippen MR) is 62.9 cm³/mol. The monoisotopic (exact) mass is 249 g/mol. The molecule has 1 heterocycles. The lowest BCUT2D eigenvalue weighted by Crippen LogP contribution is -2.27. The fourth-order valence-electron chi connectivity index (χ4n) is 0.954. The summed E-state index contributed by atoms with van der Waals surface area (Å²) in [7, 11) is -3.09. The summed E-state index contributed by atoms with van der Waals surface area (Å²) in [4.78, 5) is 5.45. The minimum Gasteiger partial charge on any atom is -0.360 e. The van der Waals surface area contributed by atoms with Crippen LogP contribution in [0.3, 0.4) is 0 Å². The van der Waals surface area contributed by atoms with Gasteiger partial charge in [0.25, 0.3) is 0 Å². The predicted octanol–water partition coefficient (Wildman–Crippen LogP) is 0.721. The molecule has 0 amide bonds. The highest BCUT2D eigenvalue weighted by Crippen LogP contribution is 2.20. The maximum atomic E-state index is 10.7. The molecule has 0 unspecified atom stereocenters. The van der Waals surface area contributed by atoms with Crippen LogP contribution in [0.2, 0.25) is 0 Å². The molecule has 0 fully saturated rings. The molecule has 0 saturated carbocycles. The molecule has 5 nitrogen and oxygen atoms in total. The maximum absolute atomic E-state index is 10.7. The molecule has 0 saturated heterocycles. The van der Waals surface area contributed by atoms with E-state index in [4.69, 9.17) is 0 Å². The van der Waals surface area contributed by atoms with Gasteiger partial charge in [-0.3, -0.25) is 0 Å². The highest BCUT2D eigenvalue weighted by Gasteiger charge is 2.03. The van der Waals surface area contributed by atoms with Crippen molar-refractivity contribution in [2.24, 2.45) is 0 Å². The molecule has 0 spiro atoms. The van der Waals surface area contributed by atoms with E-state index in [1.165, 1.54) is 4.88 Å². The summed E-state index contributed by atoms with van der Waals surface area (Å²) in [6.45, 7) is 4.87. The fraction of sp³-hybridized carbons (Fsp3) is 0.625. The zero-order valence-corrected chi connectivity index (χ0v) is 10.6. The largest absolute Gasteiger partial charge is 0.360 e. The van der Waals surface area contributed by atoms with Gasteiger partial charge in [0.05, 0.1) is 11.9 Å². The van der Waals surface area contributed by atoms with E-state index in [0.29, 0.717) is 13.1 Å². The van der Waals surface area contributed by atoms with E-state index in [2.05, 4.69) is 15.0 Å². The Morgan fingerprint density at radius 2 is 2.00 bits per heavy atom. The molecule has 2 N–H and O–H groups in total. The molecule has 0 radical (unpaired) electrons. The summed E-state index contributed by atoms with van der Waals surface area (Å²) in [6.07, 6.45) is 1.14. The van der Waals surface area contributed by atoms with E-state index in [1.807, 2.05) is 13.8 Å². The molecule has 7 heteroatoms. The van der Waals surface area contributed by atoms with Crippen LogP contribution in [0.15, 0.2) is 0 Å². The quantitative estimate of drug-likeness (QED) is 0.754. The average molecular weight is 249 g/mol. The van der Waals surface area contributed by atoms with E-state index in [-0.39, 0.29) is 0 Å². The van der Waals surface area contributed by atoms with Crippen molar-refractivity contribution >= 4 is 26.5 Å². The first-order chi connectivity index (χ1) is 6.88. The fourth-order valence-corrected chi connectivity index (χ4v) is 2.27. The van der Waals surface area contributed by atoms with Crippen molar-refractivity contribution in [2.45, 2.75) is 13.8 Å². The highest BCUT2D eigenvalue weighted by molar-refractivity contribution is 7.88. The lowest BCUT2D eigenvalue weighted by atomic mass is 10.4. The number of rotatable bonds is 5. The maximum Gasteiger partial charge on any atom is 0.208 e. The first-order valence-electron chi connectivity index (χ1n) is 4.51. The van der Waals surface area contributed by atoms with Crippen LogP contribution in [0.25, 0.3) is 0 Å². The molecule has 0 atom stereocenters. The van der Waals surface area contributed by atoms with Gasteiger partial charge in [0.1, 0.15) is 0 Å². The number of hydrogen-bond acceptors (Lipinski definition) is 5. The van der Waals surface area contributed by atoms with Gasteiger partial charge in [-0.15, -0.1) is 11.3 Å². The smallest absolute Gasteiger partial charge is 0.208 e. The van der Waals surface area contributed by atoms with Crippen molar-refractivity contribution in [3.05, 3.63) is 10.6 Å². The molecule has 1 rings (SSSR count). The molecular formula is C8H15N3O2S2. The van der Waals surface area contributed by atoms with Crippen LogP contribution in [0, 0.1) is 13.8 Å². The molecular weight excluding hydrogens is 234 g/mol. The van der Waals surface area contributed by atoms with E-state index in [0.717, 1.165) is 17.1 Å². The highest BCUT2D eigenvalue weighted by atomic mass is 32.2. The van der Waals surface area contributed by atoms with Crippen molar-refractivity contribution in [3.63, 3.8) is 0 Å². The third-order valence-corrected chi connectivity index (χ3v) is 3.55. The van der Waals surface area contributed by atoms with Crippen LogP contribution in [0.5, 0.6) is 0 Å². The Kier molecular flexibility index (Phi) is 4.06. The van der Waals surface area contributed by atoms with Gasteiger partial charge in [0.2, 0.25) is 10.0 Å². The van der Waals surface area contributed by atoms with E-state index in [1.54, 1.807) is 11.3 Å². The van der Waals surface area contributed by atoms with Crippen LogP contribution in [0.4, 0.5) is 5.13 Å². The van der Waals surface area contributed by atoms with Gasteiger partial charge in [0, 0.05) is 18.0 Å². The third-order valence-electron chi connectivity index (χ3n) is 1.79. The molecule has 0 aromatic carbocycles. The number of thiazole rings is 1. The van der Waals surface area contributed by atoms with Gasteiger partial charge in [-0.25, -0.2) is 18.1 Å². The first kappa shape index (κ1) is 12.4. The summed E-state index contributed by atoms with van der Waals surface area (Å²) in [6, 6.07) is 0. The van der Waals surface area contributed by atoms with Crippen molar-refractivity contribution in [1.29, 1.82) is 0 Å². The van der Waals surface area contributed by atoms with E-state index < -0.39 is 10.0 Å². The number of anilines is 1. The Balaban J connectivity index is 2.32.